The molecule has 17 heavy (non-hydrogen) atoms. The van der Waals surface area contributed by atoms with Crippen molar-refractivity contribution in [2.24, 2.45) is 0 Å². The van der Waals surface area contributed by atoms with Crippen molar-refractivity contribution >= 4 is 10.0 Å². The summed E-state index contributed by atoms with van der Waals surface area (Å²) < 4.78 is 24.3. The van der Waals surface area contributed by atoms with E-state index in [9.17, 15) is 13.5 Å². The highest BCUT2D eigenvalue weighted by Gasteiger charge is 2.26. The third-order valence-electron chi connectivity index (χ3n) is 3.36. The number of piperidine rings is 1. The van der Waals surface area contributed by atoms with Gasteiger partial charge in [0.25, 0.3) is 0 Å². The van der Waals surface area contributed by atoms with Gasteiger partial charge >= 0.3 is 0 Å². The Morgan fingerprint density at radius 3 is 2.71 bits per heavy atom. The molecular formula is C11H24N2O3S. The predicted molar refractivity (Wildman–Crippen MR) is 68.4 cm³/mol. The van der Waals surface area contributed by atoms with Crippen molar-refractivity contribution in [3.05, 3.63) is 0 Å². The van der Waals surface area contributed by atoms with Gasteiger partial charge in [0.15, 0.2) is 0 Å². The standard InChI is InChI=1S/C11H24N2O3S/c1-10-5-3-6-11(9-14)13(10)8-4-7-12-17(2,15)16/h10-12,14H,3-9H2,1-2H3. The predicted octanol–water partition coefficient (Wildman–Crippen LogP) is 0.161. The molecule has 2 N–H and O–H groups in total. The maximum atomic E-state index is 10.9. The van der Waals surface area contributed by atoms with Gasteiger partial charge in [0.1, 0.15) is 0 Å². The van der Waals surface area contributed by atoms with Crippen LogP contribution in [0, 0.1) is 0 Å². The van der Waals surface area contributed by atoms with Gasteiger partial charge in [0.2, 0.25) is 10.0 Å². The molecule has 0 aromatic rings. The largest absolute Gasteiger partial charge is 0.395 e. The minimum atomic E-state index is -3.08. The Balaban J connectivity index is 2.32. The maximum absolute atomic E-state index is 10.9. The Labute approximate surface area is 104 Å². The minimum Gasteiger partial charge on any atom is -0.395 e. The first-order chi connectivity index (χ1) is 7.94. The molecule has 1 rings (SSSR count). The summed E-state index contributed by atoms with van der Waals surface area (Å²) in [4.78, 5) is 2.30. The Kier molecular flexibility index (Phi) is 5.85. The molecule has 5 nitrogen and oxygen atoms in total. The Morgan fingerprint density at radius 2 is 2.12 bits per heavy atom. The van der Waals surface area contributed by atoms with E-state index in [0.717, 1.165) is 25.8 Å². The monoisotopic (exact) mass is 264 g/mol. The van der Waals surface area contributed by atoms with Gasteiger partial charge < -0.3 is 5.11 Å². The number of rotatable bonds is 6. The molecule has 0 aromatic carbocycles. The van der Waals surface area contributed by atoms with E-state index in [0.29, 0.717) is 12.6 Å². The number of aliphatic hydroxyl groups is 1. The maximum Gasteiger partial charge on any atom is 0.208 e. The van der Waals surface area contributed by atoms with E-state index in [4.69, 9.17) is 0 Å². The fourth-order valence-electron chi connectivity index (χ4n) is 2.46. The van der Waals surface area contributed by atoms with Crippen molar-refractivity contribution in [3.8, 4) is 0 Å². The lowest BCUT2D eigenvalue weighted by atomic mass is 9.96. The highest BCUT2D eigenvalue weighted by Crippen LogP contribution is 2.22. The molecule has 0 aromatic heterocycles. The van der Waals surface area contributed by atoms with Crippen molar-refractivity contribution in [1.82, 2.24) is 9.62 Å². The second-order valence-electron chi connectivity index (χ2n) is 4.87. The van der Waals surface area contributed by atoms with Crippen LogP contribution < -0.4 is 4.72 Å². The molecule has 1 fully saturated rings. The summed E-state index contributed by atoms with van der Waals surface area (Å²) in [6, 6.07) is 0.733. The van der Waals surface area contributed by atoms with E-state index in [-0.39, 0.29) is 12.6 Å². The van der Waals surface area contributed by atoms with Crippen LogP contribution in [-0.4, -0.2) is 56.5 Å². The topological polar surface area (TPSA) is 69.6 Å². The summed E-state index contributed by atoms with van der Waals surface area (Å²) in [5.41, 5.74) is 0. The van der Waals surface area contributed by atoms with E-state index in [2.05, 4.69) is 16.5 Å². The van der Waals surface area contributed by atoms with Crippen molar-refractivity contribution < 1.29 is 13.5 Å². The van der Waals surface area contributed by atoms with Crippen LogP contribution in [0.15, 0.2) is 0 Å². The molecule has 0 radical (unpaired) electrons. The van der Waals surface area contributed by atoms with Gasteiger partial charge in [0.05, 0.1) is 12.9 Å². The molecule has 0 spiro atoms. The molecule has 1 saturated heterocycles. The number of likely N-dealkylation sites (tertiary alicyclic amines) is 1. The number of nitrogens with zero attached hydrogens (tertiary/aromatic N) is 1. The van der Waals surface area contributed by atoms with Gasteiger partial charge in [-0.1, -0.05) is 6.42 Å². The Hall–Kier alpha value is -0.170. The number of hydrogen-bond acceptors (Lipinski definition) is 4. The van der Waals surface area contributed by atoms with Gasteiger partial charge in [-0.05, 0) is 26.2 Å². The molecule has 1 aliphatic rings. The number of hydrogen-bond donors (Lipinski definition) is 2. The smallest absolute Gasteiger partial charge is 0.208 e. The van der Waals surface area contributed by atoms with Crippen LogP contribution in [-0.2, 0) is 10.0 Å². The third kappa shape index (κ3) is 5.33. The minimum absolute atomic E-state index is 0.198. The van der Waals surface area contributed by atoms with Crippen LogP contribution in [0.2, 0.25) is 0 Å². The van der Waals surface area contributed by atoms with E-state index in [1.54, 1.807) is 0 Å². The van der Waals surface area contributed by atoms with Crippen molar-refractivity contribution in [2.45, 2.75) is 44.7 Å². The lowest BCUT2D eigenvalue weighted by molar-refractivity contribution is 0.0513. The molecule has 6 heteroatoms. The molecule has 0 saturated carbocycles. The SMILES string of the molecule is CC1CCCC(CO)N1CCCNS(C)(=O)=O. The number of nitrogens with one attached hydrogen (secondary N) is 1. The fourth-order valence-corrected chi connectivity index (χ4v) is 2.97. The average molecular weight is 264 g/mol. The van der Waals surface area contributed by atoms with Gasteiger partial charge in [-0.25, -0.2) is 13.1 Å². The fraction of sp³-hybridized carbons (Fsp3) is 1.00. The first kappa shape index (κ1) is 14.9. The van der Waals surface area contributed by atoms with E-state index in [1.807, 2.05) is 0 Å². The highest BCUT2D eigenvalue weighted by atomic mass is 32.2. The zero-order valence-electron chi connectivity index (χ0n) is 10.7. The molecule has 1 aliphatic heterocycles. The van der Waals surface area contributed by atoms with Crippen molar-refractivity contribution in [2.75, 3.05) is 26.0 Å². The summed E-state index contributed by atoms with van der Waals surface area (Å²) in [5.74, 6) is 0. The summed E-state index contributed by atoms with van der Waals surface area (Å²) >= 11 is 0. The zero-order chi connectivity index (χ0) is 12.9. The molecule has 102 valence electrons. The molecule has 1 heterocycles. The van der Waals surface area contributed by atoms with Gasteiger partial charge in [-0.2, -0.15) is 0 Å². The summed E-state index contributed by atoms with van der Waals surface area (Å²) in [7, 11) is -3.08. The Bertz CT molecular complexity index is 319. The van der Waals surface area contributed by atoms with Gasteiger partial charge in [0, 0.05) is 25.2 Å². The van der Waals surface area contributed by atoms with Crippen LogP contribution in [0.1, 0.15) is 32.6 Å². The lowest BCUT2D eigenvalue weighted by Crippen LogP contribution is -2.48. The first-order valence-electron chi connectivity index (χ1n) is 6.25. The molecule has 0 amide bonds. The number of aliphatic hydroxyl groups excluding tert-OH is 1. The van der Waals surface area contributed by atoms with Gasteiger partial charge in [-0.15, -0.1) is 0 Å². The quantitative estimate of drug-likeness (QED) is 0.671. The van der Waals surface area contributed by atoms with Crippen LogP contribution in [0.3, 0.4) is 0 Å². The summed E-state index contributed by atoms with van der Waals surface area (Å²) in [6.07, 6.45) is 5.34. The Morgan fingerprint density at radius 1 is 1.41 bits per heavy atom. The van der Waals surface area contributed by atoms with E-state index in [1.165, 1.54) is 12.7 Å². The second kappa shape index (κ2) is 6.68. The highest BCUT2D eigenvalue weighted by molar-refractivity contribution is 7.88. The normalized spacial score (nSPS) is 27.2. The lowest BCUT2D eigenvalue weighted by Gasteiger charge is -2.39. The van der Waals surface area contributed by atoms with Crippen LogP contribution in [0.5, 0.6) is 0 Å². The van der Waals surface area contributed by atoms with Crippen LogP contribution >= 0.6 is 0 Å². The average Bonchev–Trinajstić information content (AvgIpc) is 2.24. The van der Waals surface area contributed by atoms with Crippen molar-refractivity contribution in [3.63, 3.8) is 0 Å². The zero-order valence-corrected chi connectivity index (χ0v) is 11.5. The summed E-state index contributed by atoms with van der Waals surface area (Å²) in [6.45, 7) is 3.69. The summed E-state index contributed by atoms with van der Waals surface area (Å²) in [5, 5.41) is 9.31. The molecule has 2 unspecified atom stereocenters. The van der Waals surface area contributed by atoms with Gasteiger partial charge in [-0.3, -0.25) is 4.90 Å². The second-order valence-corrected chi connectivity index (χ2v) is 6.71. The van der Waals surface area contributed by atoms with E-state index < -0.39 is 10.0 Å². The van der Waals surface area contributed by atoms with Crippen molar-refractivity contribution in [1.29, 1.82) is 0 Å². The third-order valence-corrected chi connectivity index (χ3v) is 4.09. The van der Waals surface area contributed by atoms with E-state index >= 15 is 0 Å². The molecule has 0 bridgehead atoms. The first-order valence-corrected chi connectivity index (χ1v) is 8.14. The molecular weight excluding hydrogens is 240 g/mol. The molecule has 0 aliphatic carbocycles. The number of sulfonamides is 1. The van der Waals surface area contributed by atoms with Crippen LogP contribution in [0.25, 0.3) is 0 Å². The molecule has 2 atom stereocenters. The van der Waals surface area contributed by atoms with Crippen LogP contribution in [0.4, 0.5) is 0 Å².